The van der Waals surface area contributed by atoms with Gasteiger partial charge in [0.15, 0.2) is 0 Å². The fourth-order valence-corrected chi connectivity index (χ4v) is 1.74. The van der Waals surface area contributed by atoms with Gasteiger partial charge in [0.05, 0.1) is 13.7 Å². The van der Waals surface area contributed by atoms with Crippen molar-refractivity contribution >= 4 is 17.5 Å². The van der Waals surface area contributed by atoms with Crippen molar-refractivity contribution in [1.82, 2.24) is 0 Å². The maximum Gasteiger partial charge on any atom is 0.411 e. The minimum Gasteiger partial charge on any atom is -0.464 e. The highest BCUT2D eigenvalue weighted by Crippen LogP contribution is 2.15. The molecule has 1 amide bonds. The van der Waals surface area contributed by atoms with Gasteiger partial charge in [0.2, 0.25) is 0 Å². The highest BCUT2D eigenvalue weighted by Gasteiger charge is 2.02. The highest BCUT2D eigenvalue weighted by molar-refractivity contribution is 5.84. The second kappa shape index (κ2) is 6.65. The van der Waals surface area contributed by atoms with E-state index in [9.17, 15) is 4.79 Å². The molecule has 5 nitrogen and oxygen atoms in total. The summed E-state index contributed by atoms with van der Waals surface area (Å²) in [5.41, 5.74) is 1.64. The van der Waals surface area contributed by atoms with Crippen LogP contribution in [0.25, 0.3) is 0 Å². The molecule has 1 heterocycles. The van der Waals surface area contributed by atoms with Crippen molar-refractivity contribution in [3.8, 4) is 0 Å². The average Bonchev–Trinajstić information content (AvgIpc) is 2.94. The number of amides is 1. The van der Waals surface area contributed by atoms with Gasteiger partial charge in [-0.3, -0.25) is 5.32 Å². The number of methoxy groups -OCH3 is 1. The van der Waals surface area contributed by atoms with Crippen LogP contribution in [-0.4, -0.2) is 13.2 Å². The van der Waals surface area contributed by atoms with Crippen LogP contribution in [0.1, 0.15) is 18.4 Å². The number of rotatable bonds is 5. The first kappa shape index (κ1) is 14.0. The van der Waals surface area contributed by atoms with Crippen LogP contribution in [0.4, 0.5) is 16.2 Å². The number of nitrogens with one attached hydrogen (secondary N) is 2. The average molecular weight is 274 g/mol. The zero-order chi connectivity index (χ0) is 14.4. The van der Waals surface area contributed by atoms with Crippen molar-refractivity contribution in [3.05, 3.63) is 47.9 Å². The molecule has 20 heavy (non-hydrogen) atoms. The van der Waals surface area contributed by atoms with E-state index in [-0.39, 0.29) is 0 Å². The van der Waals surface area contributed by atoms with E-state index in [4.69, 9.17) is 4.42 Å². The quantitative estimate of drug-likeness (QED) is 0.873. The molecule has 0 bridgehead atoms. The van der Waals surface area contributed by atoms with Crippen molar-refractivity contribution in [2.75, 3.05) is 17.7 Å². The number of carbonyl (C=O) groups excluding carboxylic acids is 1. The number of anilines is 2. The molecule has 5 heteroatoms. The molecule has 0 atom stereocenters. The molecular weight excluding hydrogens is 256 g/mol. The number of benzene rings is 1. The summed E-state index contributed by atoms with van der Waals surface area (Å²) in [6.07, 6.45) is 0.418. The fraction of sp³-hybridized carbons (Fsp3) is 0.267. The molecule has 0 saturated carbocycles. The fourth-order valence-electron chi connectivity index (χ4n) is 1.74. The molecule has 2 rings (SSSR count). The zero-order valence-electron chi connectivity index (χ0n) is 11.6. The number of hydrogen-bond donors (Lipinski definition) is 2. The molecule has 0 fully saturated rings. The van der Waals surface area contributed by atoms with Gasteiger partial charge in [-0.25, -0.2) is 4.79 Å². The Kier molecular flexibility index (Phi) is 4.65. The molecule has 1 aromatic carbocycles. The van der Waals surface area contributed by atoms with E-state index in [0.717, 1.165) is 23.6 Å². The summed E-state index contributed by atoms with van der Waals surface area (Å²) < 4.78 is 10.1. The van der Waals surface area contributed by atoms with Crippen LogP contribution in [0.15, 0.2) is 40.8 Å². The van der Waals surface area contributed by atoms with Gasteiger partial charge in [-0.1, -0.05) is 6.92 Å². The summed E-state index contributed by atoms with van der Waals surface area (Å²) in [5.74, 6) is 1.89. The lowest BCUT2D eigenvalue weighted by molar-refractivity contribution is 0.187. The van der Waals surface area contributed by atoms with E-state index in [0.29, 0.717) is 12.2 Å². The Labute approximate surface area is 117 Å². The molecular formula is C15H18N2O3. The molecule has 2 N–H and O–H groups in total. The van der Waals surface area contributed by atoms with Gasteiger partial charge in [-0.15, -0.1) is 0 Å². The molecule has 0 aliphatic heterocycles. The van der Waals surface area contributed by atoms with Crippen LogP contribution in [0.2, 0.25) is 0 Å². The molecule has 1 aromatic heterocycles. The van der Waals surface area contributed by atoms with Gasteiger partial charge in [0.25, 0.3) is 0 Å². The van der Waals surface area contributed by atoms with Crippen molar-refractivity contribution in [1.29, 1.82) is 0 Å². The second-order valence-electron chi connectivity index (χ2n) is 4.27. The standard InChI is InChI=1S/C15H18N2O3/c1-3-13-8-9-14(20-13)10-16-11-4-6-12(7-5-11)17-15(18)19-2/h4-9,16H,3,10H2,1-2H3,(H,17,18). The van der Waals surface area contributed by atoms with E-state index in [1.54, 1.807) is 12.1 Å². The lowest BCUT2D eigenvalue weighted by Gasteiger charge is -2.07. The second-order valence-corrected chi connectivity index (χ2v) is 4.27. The third-order valence-corrected chi connectivity index (χ3v) is 2.85. The Morgan fingerprint density at radius 2 is 1.75 bits per heavy atom. The molecule has 0 unspecified atom stereocenters. The minimum atomic E-state index is -0.478. The minimum absolute atomic E-state index is 0.478. The monoisotopic (exact) mass is 274 g/mol. The van der Waals surface area contributed by atoms with Gasteiger partial charge >= 0.3 is 6.09 Å². The molecule has 0 aliphatic carbocycles. The van der Waals surface area contributed by atoms with E-state index < -0.39 is 6.09 Å². The van der Waals surface area contributed by atoms with Crippen LogP contribution in [0.3, 0.4) is 0 Å². The highest BCUT2D eigenvalue weighted by atomic mass is 16.5. The number of carbonyl (C=O) groups is 1. The Morgan fingerprint density at radius 1 is 1.10 bits per heavy atom. The Morgan fingerprint density at radius 3 is 2.35 bits per heavy atom. The van der Waals surface area contributed by atoms with Gasteiger partial charge in [-0.2, -0.15) is 0 Å². The van der Waals surface area contributed by atoms with Crippen LogP contribution in [0, 0.1) is 0 Å². The normalized spacial score (nSPS) is 10.1. The summed E-state index contributed by atoms with van der Waals surface area (Å²) in [5, 5.41) is 5.85. The predicted molar refractivity (Wildman–Crippen MR) is 77.9 cm³/mol. The number of furan rings is 1. The number of hydrogen-bond acceptors (Lipinski definition) is 4. The first-order chi connectivity index (χ1) is 9.71. The third-order valence-electron chi connectivity index (χ3n) is 2.85. The van der Waals surface area contributed by atoms with E-state index in [2.05, 4.69) is 22.3 Å². The van der Waals surface area contributed by atoms with Gasteiger partial charge in [0, 0.05) is 17.8 Å². The van der Waals surface area contributed by atoms with Crippen LogP contribution in [-0.2, 0) is 17.7 Å². The molecule has 2 aromatic rings. The van der Waals surface area contributed by atoms with Crippen LogP contribution in [0.5, 0.6) is 0 Å². The van der Waals surface area contributed by atoms with Crippen molar-refractivity contribution in [2.24, 2.45) is 0 Å². The molecule has 0 spiro atoms. The molecule has 0 radical (unpaired) electrons. The number of ether oxygens (including phenoxy) is 1. The first-order valence-electron chi connectivity index (χ1n) is 6.47. The van der Waals surface area contributed by atoms with Crippen molar-refractivity contribution in [2.45, 2.75) is 19.9 Å². The summed E-state index contributed by atoms with van der Waals surface area (Å²) in [7, 11) is 1.33. The van der Waals surface area contributed by atoms with E-state index in [1.807, 2.05) is 24.3 Å². The van der Waals surface area contributed by atoms with Gasteiger partial charge in [-0.05, 0) is 36.4 Å². The van der Waals surface area contributed by atoms with E-state index in [1.165, 1.54) is 7.11 Å². The maximum absolute atomic E-state index is 11.0. The lowest BCUT2D eigenvalue weighted by atomic mass is 10.2. The summed E-state index contributed by atoms with van der Waals surface area (Å²) in [6.45, 7) is 2.69. The zero-order valence-corrected chi connectivity index (χ0v) is 11.6. The van der Waals surface area contributed by atoms with Crippen molar-refractivity contribution in [3.63, 3.8) is 0 Å². The van der Waals surface area contributed by atoms with E-state index >= 15 is 0 Å². The maximum atomic E-state index is 11.0. The predicted octanol–water partition coefficient (Wildman–Crippen LogP) is 3.63. The van der Waals surface area contributed by atoms with Gasteiger partial charge < -0.3 is 14.5 Å². The first-order valence-corrected chi connectivity index (χ1v) is 6.47. The van der Waals surface area contributed by atoms with Crippen LogP contribution < -0.4 is 10.6 Å². The smallest absolute Gasteiger partial charge is 0.411 e. The number of aryl methyl sites for hydroxylation is 1. The van der Waals surface area contributed by atoms with Gasteiger partial charge in [0.1, 0.15) is 11.5 Å². The largest absolute Gasteiger partial charge is 0.464 e. The lowest BCUT2D eigenvalue weighted by Crippen LogP contribution is -2.10. The third kappa shape index (κ3) is 3.78. The SMILES string of the molecule is CCc1ccc(CNc2ccc(NC(=O)OC)cc2)o1. The molecule has 0 saturated heterocycles. The Hall–Kier alpha value is -2.43. The Bertz CT molecular complexity index is 561. The Balaban J connectivity index is 1.88. The van der Waals surface area contributed by atoms with Crippen LogP contribution >= 0.6 is 0 Å². The van der Waals surface area contributed by atoms with Crippen molar-refractivity contribution < 1.29 is 13.9 Å². The topological polar surface area (TPSA) is 63.5 Å². The summed E-state index contributed by atoms with van der Waals surface area (Å²) >= 11 is 0. The molecule has 106 valence electrons. The molecule has 0 aliphatic rings. The summed E-state index contributed by atoms with van der Waals surface area (Å²) in [6, 6.07) is 11.3. The summed E-state index contributed by atoms with van der Waals surface area (Å²) in [4.78, 5) is 11.0.